The lowest BCUT2D eigenvalue weighted by Gasteiger charge is -2.32. The van der Waals surface area contributed by atoms with Crippen LogP contribution in [0.5, 0.6) is 0 Å². The van der Waals surface area contributed by atoms with Gasteiger partial charge in [0, 0.05) is 39.3 Å². The van der Waals surface area contributed by atoms with Gasteiger partial charge >= 0.3 is 0 Å². The molecule has 3 saturated heterocycles. The van der Waals surface area contributed by atoms with E-state index in [4.69, 9.17) is 13.9 Å². The smallest absolute Gasteiger partial charge is 0.290 e. The minimum atomic E-state index is -0.940. The third-order valence-corrected chi connectivity index (χ3v) is 8.21. The number of nitrogens with zero attached hydrogens (tertiary/aromatic N) is 3. The second-order valence-electron chi connectivity index (χ2n) is 11.2. The molecule has 0 aliphatic carbocycles. The predicted molar refractivity (Wildman–Crippen MR) is 152 cm³/mol. The summed E-state index contributed by atoms with van der Waals surface area (Å²) >= 11 is 0. The number of furan rings is 1. The van der Waals surface area contributed by atoms with Crippen molar-refractivity contribution in [2.75, 3.05) is 65.6 Å². The summed E-state index contributed by atoms with van der Waals surface area (Å²) in [6, 6.07) is 8.45. The van der Waals surface area contributed by atoms with Crippen LogP contribution in [-0.4, -0.2) is 98.3 Å². The SMILES string of the molecule is O=C(NC[C@@H]1CCCO1)[C@@H](c1ccc(F)cc1)N(CCCN1CCOCC1)C(=O)c1ccc(CN2CCCCC2)o1. The number of piperidine rings is 1. The summed E-state index contributed by atoms with van der Waals surface area (Å²) in [6.45, 7) is 7.95. The van der Waals surface area contributed by atoms with Gasteiger partial charge in [0.2, 0.25) is 5.91 Å². The van der Waals surface area contributed by atoms with Crippen LogP contribution in [0.15, 0.2) is 40.8 Å². The van der Waals surface area contributed by atoms with Gasteiger partial charge in [-0.15, -0.1) is 0 Å². The third kappa shape index (κ3) is 8.38. The highest BCUT2D eigenvalue weighted by molar-refractivity contribution is 5.96. The van der Waals surface area contributed by atoms with E-state index in [0.29, 0.717) is 51.4 Å². The summed E-state index contributed by atoms with van der Waals surface area (Å²) in [5, 5.41) is 3.01. The summed E-state index contributed by atoms with van der Waals surface area (Å²) in [6.07, 6.45) is 6.07. The molecule has 1 aromatic heterocycles. The van der Waals surface area contributed by atoms with Crippen LogP contribution < -0.4 is 5.32 Å². The topological polar surface area (TPSA) is 87.5 Å². The molecule has 224 valence electrons. The van der Waals surface area contributed by atoms with Crippen molar-refractivity contribution in [2.24, 2.45) is 0 Å². The number of hydrogen-bond acceptors (Lipinski definition) is 7. The fourth-order valence-electron chi connectivity index (χ4n) is 5.93. The maximum absolute atomic E-state index is 14.1. The van der Waals surface area contributed by atoms with Gasteiger partial charge in [0.25, 0.3) is 5.91 Å². The van der Waals surface area contributed by atoms with Crippen molar-refractivity contribution in [1.82, 2.24) is 20.0 Å². The maximum Gasteiger partial charge on any atom is 0.290 e. The average Bonchev–Trinajstić information content (AvgIpc) is 3.70. The number of benzene rings is 1. The Morgan fingerprint density at radius 3 is 2.46 bits per heavy atom. The molecule has 10 heteroatoms. The van der Waals surface area contributed by atoms with Crippen LogP contribution in [0.1, 0.15) is 66.4 Å². The number of hydrogen-bond donors (Lipinski definition) is 1. The molecule has 41 heavy (non-hydrogen) atoms. The Morgan fingerprint density at radius 2 is 1.73 bits per heavy atom. The van der Waals surface area contributed by atoms with Crippen LogP contribution in [0.3, 0.4) is 0 Å². The Morgan fingerprint density at radius 1 is 0.951 bits per heavy atom. The molecule has 4 heterocycles. The molecule has 3 aliphatic heterocycles. The van der Waals surface area contributed by atoms with Crippen molar-refractivity contribution >= 4 is 11.8 Å². The van der Waals surface area contributed by atoms with Gasteiger partial charge in [0.15, 0.2) is 5.76 Å². The van der Waals surface area contributed by atoms with Gasteiger partial charge in [-0.05, 0) is 75.0 Å². The van der Waals surface area contributed by atoms with E-state index in [2.05, 4.69) is 15.1 Å². The number of amides is 2. The minimum Gasteiger partial charge on any atom is -0.455 e. The molecule has 3 fully saturated rings. The molecule has 2 amide bonds. The fourth-order valence-corrected chi connectivity index (χ4v) is 5.93. The summed E-state index contributed by atoms with van der Waals surface area (Å²) in [7, 11) is 0. The summed E-state index contributed by atoms with van der Waals surface area (Å²) in [5.41, 5.74) is 0.552. The van der Waals surface area contributed by atoms with Gasteiger partial charge in [0.1, 0.15) is 17.6 Å². The van der Waals surface area contributed by atoms with Gasteiger partial charge in [-0.2, -0.15) is 0 Å². The predicted octanol–water partition coefficient (Wildman–Crippen LogP) is 3.61. The molecule has 2 aromatic rings. The van der Waals surface area contributed by atoms with Crippen molar-refractivity contribution in [3.8, 4) is 0 Å². The number of morpholine rings is 1. The van der Waals surface area contributed by atoms with Crippen molar-refractivity contribution in [3.05, 3.63) is 59.3 Å². The van der Waals surface area contributed by atoms with Crippen molar-refractivity contribution in [1.29, 1.82) is 0 Å². The van der Waals surface area contributed by atoms with E-state index in [1.165, 1.54) is 31.4 Å². The van der Waals surface area contributed by atoms with Crippen LogP contribution in [0, 0.1) is 5.82 Å². The second-order valence-corrected chi connectivity index (χ2v) is 11.2. The average molecular weight is 571 g/mol. The highest BCUT2D eigenvalue weighted by atomic mass is 19.1. The fraction of sp³-hybridized carbons (Fsp3) is 0.613. The molecule has 5 rings (SSSR count). The van der Waals surface area contributed by atoms with E-state index in [-0.39, 0.29) is 23.7 Å². The molecule has 0 saturated carbocycles. The monoisotopic (exact) mass is 570 g/mol. The molecular weight excluding hydrogens is 527 g/mol. The van der Waals surface area contributed by atoms with Crippen LogP contribution in [0.2, 0.25) is 0 Å². The number of nitrogens with one attached hydrogen (secondary N) is 1. The Bertz CT molecular complexity index is 1110. The van der Waals surface area contributed by atoms with Crippen molar-refractivity contribution in [3.63, 3.8) is 0 Å². The molecule has 0 bridgehead atoms. The Hall–Kier alpha value is -2.79. The number of likely N-dealkylation sites (tertiary alicyclic amines) is 1. The van der Waals surface area contributed by atoms with Crippen molar-refractivity contribution in [2.45, 2.75) is 57.2 Å². The number of carbonyl (C=O) groups is 2. The summed E-state index contributed by atoms with van der Waals surface area (Å²) in [4.78, 5) is 34.1. The first-order valence-corrected chi connectivity index (χ1v) is 15.1. The molecular formula is C31H43FN4O5. The zero-order valence-corrected chi connectivity index (χ0v) is 23.9. The molecule has 0 unspecified atom stereocenters. The lowest BCUT2D eigenvalue weighted by Crippen LogP contribution is -2.46. The van der Waals surface area contributed by atoms with E-state index in [1.54, 1.807) is 23.1 Å². The van der Waals surface area contributed by atoms with Gasteiger partial charge in [-0.1, -0.05) is 18.6 Å². The van der Waals surface area contributed by atoms with Crippen LogP contribution in [-0.2, 0) is 20.8 Å². The molecule has 9 nitrogen and oxygen atoms in total. The van der Waals surface area contributed by atoms with E-state index >= 15 is 0 Å². The Labute approximate surface area is 241 Å². The number of ether oxygens (including phenoxy) is 2. The van der Waals surface area contributed by atoms with Crippen LogP contribution in [0.4, 0.5) is 4.39 Å². The van der Waals surface area contributed by atoms with E-state index in [1.807, 2.05) is 6.07 Å². The minimum absolute atomic E-state index is 0.0410. The maximum atomic E-state index is 14.1. The zero-order valence-electron chi connectivity index (χ0n) is 23.9. The lowest BCUT2D eigenvalue weighted by molar-refractivity contribution is -0.126. The second kappa shape index (κ2) is 14.9. The number of carbonyl (C=O) groups excluding carboxylic acids is 2. The quantitative estimate of drug-likeness (QED) is 0.417. The lowest BCUT2D eigenvalue weighted by atomic mass is 10.0. The number of halogens is 1. The van der Waals surface area contributed by atoms with Crippen molar-refractivity contribution < 1.29 is 27.9 Å². The normalized spacial score (nSPS) is 21.0. The van der Waals surface area contributed by atoms with Gasteiger partial charge in [0.05, 0.1) is 25.9 Å². The summed E-state index contributed by atoms with van der Waals surface area (Å²) in [5.74, 6) is -0.108. The summed E-state index contributed by atoms with van der Waals surface area (Å²) < 4.78 is 31.1. The Kier molecular flexibility index (Phi) is 10.8. The zero-order chi connectivity index (χ0) is 28.4. The molecule has 2 atom stereocenters. The van der Waals surface area contributed by atoms with Crippen LogP contribution in [0.25, 0.3) is 0 Å². The highest BCUT2D eigenvalue weighted by Crippen LogP contribution is 2.26. The molecule has 0 spiro atoms. The first kappa shape index (κ1) is 29.7. The first-order chi connectivity index (χ1) is 20.1. The van der Waals surface area contributed by atoms with Gasteiger partial charge < -0.3 is 24.1 Å². The molecule has 0 radical (unpaired) electrons. The highest BCUT2D eigenvalue weighted by Gasteiger charge is 2.34. The third-order valence-electron chi connectivity index (χ3n) is 8.21. The van der Waals surface area contributed by atoms with Gasteiger partial charge in [-0.3, -0.25) is 19.4 Å². The first-order valence-electron chi connectivity index (χ1n) is 15.1. The largest absolute Gasteiger partial charge is 0.455 e. The standard InChI is InChI=1S/C31H43FN4O5/c32-25-9-7-24(8-10-25)29(30(37)33-22-26-6-4-19-40-26)36(16-5-15-34-17-20-39-21-18-34)31(38)28-12-11-27(41-28)23-35-13-2-1-3-14-35/h7-12,26,29H,1-6,13-23H2,(H,33,37)/t26-,29+/m0/s1. The van der Waals surface area contributed by atoms with Crippen LogP contribution >= 0.6 is 0 Å². The number of rotatable bonds is 12. The van der Waals surface area contributed by atoms with E-state index in [0.717, 1.165) is 51.3 Å². The van der Waals surface area contributed by atoms with Gasteiger partial charge in [-0.25, -0.2) is 4.39 Å². The van der Waals surface area contributed by atoms with E-state index in [9.17, 15) is 14.0 Å². The molecule has 1 N–H and O–H groups in total. The molecule has 3 aliphatic rings. The van der Waals surface area contributed by atoms with E-state index < -0.39 is 11.9 Å². The Balaban J connectivity index is 1.36. The molecule has 1 aromatic carbocycles.